The van der Waals surface area contributed by atoms with Crippen LogP contribution < -0.4 is 19.1 Å². The van der Waals surface area contributed by atoms with E-state index in [0.717, 1.165) is 11.3 Å². The van der Waals surface area contributed by atoms with Crippen molar-refractivity contribution in [3.8, 4) is 17.2 Å². The monoisotopic (exact) mass is 369 g/mol. The number of anilines is 1. The van der Waals surface area contributed by atoms with Crippen molar-refractivity contribution < 1.29 is 28.5 Å². The van der Waals surface area contributed by atoms with Gasteiger partial charge in [-0.2, -0.15) is 0 Å². The fourth-order valence-electron chi connectivity index (χ4n) is 3.41. The SMILES string of the molecule is COC(=O)c1ccc2c(c1)CCN2C(=O)c1cc(OC)c2c(c1)OCCO2. The predicted octanol–water partition coefficient (Wildman–Crippen LogP) is 2.46. The molecule has 0 saturated carbocycles. The minimum Gasteiger partial charge on any atom is -0.493 e. The van der Waals surface area contributed by atoms with Crippen molar-refractivity contribution in [2.24, 2.45) is 0 Å². The second-order valence-corrected chi connectivity index (χ2v) is 6.24. The van der Waals surface area contributed by atoms with E-state index in [1.54, 1.807) is 35.2 Å². The topological polar surface area (TPSA) is 74.3 Å². The third kappa shape index (κ3) is 2.95. The Morgan fingerprint density at radius 3 is 2.63 bits per heavy atom. The fourth-order valence-corrected chi connectivity index (χ4v) is 3.41. The molecule has 0 unspecified atom stereocenters. The maximum Gasteiger partial charge on any atom is 0.337 e. The number of methoxy groups -OCH3 is 2. The van der Waals surface area contributed by atoms with Gasteiger partial charge in [-0.3, -0.25) is 4.79 Å². The van der Waals surface area contributed by atoms with Crippen LogP contribution in [-0.4, -0.2) is 45.9 Å². The molecule has 0 saturated heterocycles. The molecule has 0 radical (unpaired) electrons. The third-order valence-electron chi connectivity index (χ3n) is 4.72. The molecule has 4 rings (SSSR count). The number of benzene rings is 2. The normalized spacial score (nSPS) is 14.5. The molecule has 7 heteroatoms. The lowest BCUT2D eigenvalue weighted by atomic mass is 10.1. The Morgan fingerprint density at radius 2 is 1.85 bits per heavy atom. The summed E-state index contributed by atoms with van der Waals surface area (Å²) in [6.07, 6.45) is 0.674. The maximum absolute atomic E-state index is 13.1. The van der Waals surface area contributed by atoms with Crippen molar-refractivity contribution in [1.29, 1.82) is 0 Å². The zero-order valence-corrected chi connectivity index (χ0v) is 15.1. The number of rotatable bonds is 3. The number of hydrogen-bond acceptors (Lipinski definition) is 6. The minimum absolute atomic E-state index is 0.158. The molecule has 2 aliphatic rings. The Kier molecular flexibility index (Phi) is 4.35. The van der Waals surface area contributed by atoms with E-state index in [4.69, 9.17) is 18.9 Å². The Hall–Kier alpha value is -3.22. The van der Waals surface area contributed by atoms with Crippen LogP contribution in [-0.2, 0) is 11.2 Å². The van der Waals surface area contributed by atoms with Gasteiger partial charge < -0.3 is 23.8 Å². The van der Waals surface area contributed by atoms with Crippen molar-refractivity contribution in [3.05, 3.63) is 47.0 Å². The van der Waals surface area contributed by atoms with Crippen LogP contribution in [0.1, 0.15) is 26.3 Å². The highest BCUT2D eigenvalue weighted by Gasteiger charge is 2.29. The van der Waals surface area contributed by atoms with Crippen molar-refractivity contribution in [2.75, 3.05) is 38.9 Å². The summed E-state index contributed by atoms with van der Waals surface area (Å²) in [6, 6.07) is 8.57. The van der Waals surface area contributed by atoms with Crippen LogP contribution in [0.3, 0.4) is 0 Å². The van der Waals surface area contributed by atoms with E-state index in [9.17, 15) is 9.59 Å². The summed E-state index contributed by atoms with van der Waals surface area (Å²) in [7, 11) is 2.88. The zero-order chi connectivity index (χ0) is 19.0. The number of esters is 1. The molecule has 2 aromatic carbocycles. The van der Waals surface area contributed by atoms with E-state index < -0.39 is 0 Å². The van der Waals surface area contributed by atoms with Crippen LogP contribution in [0.2, 0.25) is 0 Å². The summed E-state index contributed by atoms with van der Waals surface area (Å²) in [6.45, 7) is 1.41. The molecule has 2 aromatic rings. The first-order valence-corrected chi connectivity index (χ1v) is 8.63. The quantitative estimate of drug-likeness (QED) is 0.774. The Bertz CT molecular complexity index is 906. The van der Waals surface area contributed by atoms with E-state index >= 15 is 0 Å². The molecule has 2 aliphatic heterocycles. The van der Waals surface area contributed by atoms with E-state index in [-0.39, 0.29) is 11.9 Å². The molecule has 0 N–H and O–H groups in total. The van der Waals surface area contributed by atoms with Crippen LogP contribution in [0.4, 0.5) is 5.69 Å². The van der Waals surface area contributed by atoms with Gasteiger partial charge in [0.05, 0.1) is 19.8 Å². The average Bonchev–Trinajstić information content (AvgIpc) is 3.14. The van der Waals surface area contributed by atoms with Gasteiger partial charge in [0, 0.05) is 17.8 Å². The van der Waals surface area contributed by atoms with E-state index in [0.29, 0.717) is 54.6 Å². The first kappa shape index (κ1) is 17.2. The van der Waals surface area contributed by atoms with Crippen LogP contribution >= 0.6 is 0 Å². The number of carbonyl (C=O) groups is 2. The molecule has 0 bridgehead atoms. The molecule has 2 heterocycles. The summed E-state index contributed by atoms with van der Waals surface area (Å²) in [5.41, 5.74) is 2.67. The van der Waals surface area contributed by atoms with Crippen LogP contribution in [0.25, 0.3) is 0 Å². The van der Waals surface area contributed by atoms with Crippen LogP contribution in [0, 0.1) is 0 Å². The first-order valence-electron chi connectivity index (χ1n) is 8.63. The van der Waals surface area contributed by atoms with Gasteiger partial charge in [0.15, 0.2) is 11.5 Å². The molecule has 0 spiro atoms. The second-order valence-electron chi connectivity index (χ2n) is 6.24. The Balaban J connectivity index is 1.66. The molecule has 0 aliphatic carbocycles. The predicted molar refractivity (Wildman–Crippen MR) is 97.1 cm³/mol. The highest BCUT2D eigenvalue weighted by Crippen LogP contribution is 2.41. The first-order chi connectivity index (χ1) is 13.1. The van der Waals surface area contributed by atoms with Crippen molar-refractivity contribution in [3.63, 3.8) is 0 Å². The average molecular weight is 369 g/mol. The lowest BCUT2D eigenvalue weighted by Crippen LogP contribution is -2.29. The van der Waals surface area contributed by atoms with Crippen molar-refractivity contribution >= 4 is 17.6 Å². The van der Waals surface area contributed by atoms with Crippen molar-refractivity contribution in [1.82, 2.24) is 0 Å². The number of carbonyl (C=O) groups excluding carboxylic acids is 2. The third-order valence-corrected chi connectivity index (χ3v) is 4.72. The van der Waals surface area contributed by atoms with Crippen LogP contribution in [0.15, 0.2) is 30.3 Å². The molecule has 27 heavy (non-hydrogen) atoms. The van der Waals surface area contributed by atoms with Gasteiger partial charge in [-0.25, -0.2) is 4.79 Å². The molecule has 0 atom stereocenters. The van der Waals surface area contributed by atoms with Gasteiger partial charge in [0.25, 0.3) is 5.91 Å². The molecule has 0 fully saturated rings. The largest absolute Gasteiger partial charge is 0.493 e. The Morgan fingerprint density at radius 1 is 1.04 bits per heavy atom. The van der Waals surface area contributed by atoms with Gasteiger partial charge >= 0.3 is 5.97 Å². The minimum atomic E-state index is -0.390. The van der Waals surface area contributed by atoms with E-state index in [1.165, 1.54) is 14.2 Å². The summed E-state index contributed by atoms with van der Waals surface area (Å²) in [4.78, 5) is 26.5. The summed E-state index contributed by atoms with van der Waals surface area (Å²) < 4.78 is 21.3. The molecule has 140 valence electrons. The maximum atomic E-state index is 13.1. The summed E-state index contributed by atoms with van der Waals surface area (Å²) in [5.74, 6) is 0.944. The highest BCUT2D eigenvalue weighted by molar-refractivity contribution is 6.08. The lowest BCUT2D eigenvalue weighted by molar-refractivity contribution is 0.0600. The smallest absolute Gasteiger partial charge is 0.337 e. The van der Waals surface area contributed by atoms with Crippen molar-refractivity contribution in [2.45, 2.75) is 6.42 Å². The molecule has 7 nitrogen and oxygen atoms in total. The van der Waals surface area contributed by atoms with Gasteiger partial charge in [0.1, 0.15) is 13.2 Å². The van der Waals surface area contributed by atoms with Gasteiger partial charge in [-0.15, -0.1) is 0 Å². The summed E-state index contributed by atoms with van der Waals surface area (Å²) in [5, 5.41) is 0. The standard InChI is InChI=1S/C20H19NO6/c1-24-16-10-14(11-17-18(16)27-8-7-26-17)19(22)21-6-5-12-9-13(20(23)25-2)3-4-15(12)21/h3-4,9-11H,5-8H2,1-2H3. The number of nitrogens with zero attached hydrogens (tertiary/aromatic N) is 1. The molecular formula is C20H19NO6. The number of hydrogen-bond donors (Lipinski definition) is 0. The number of amides is 1. The number of fused-ring (bicyclic) bond motifs is 2. The number of ether oxygens (including phenoxy) is 4. The van der Waals surface area contributed by atoms with Gasteiger partial charge in [-0.1, -0.05) is 0 Å². The Labute approximate surface area is 156 Å². The second kappa shape index (κ2) is 6.83. The van der Waals surface area contributed by atoms with Crippen LogP contribution in [0.5, 0.6) is 17.2 Å². The van der Waals surface area contributed by atoms with E-state index in [1.807, 2.05) is 0 Å². The van der Waals surface area contributed by atoms with Gasteiger partial charge in [0.2, 0.25) is 5.75 Å². The lowest BCUT2D eigenvalue weighted by Gasteiger charge is -2.23. The highest BCUT2D eigenvalue weighted by atomic mass is 16.6. The summed E-state index contributed by atoms with van der Waals surface area (Å²) >= 11 is 0. The van der Waals surface area contributed by atoms with E-state index in [2.05, 4.69) is 0 Å². The zero-order valence-electron chi connectivity index (χ0n) is 15.1. The molecule has 1 amide bonds. The molecule has 0 aromatic heterocycles. The molecular weight excluding hydrogens is 350 g/mol. The fraction of sp³-hybridized carbons (Fsp3) is 0.300. The van der Waals surface area contributed by atoms with Gasteiger partial charge in [-0.05, 0) is 42.3 Å².